The van der Waals surface area contributed by atoms with E-state index in [9.17, 15) is 0 Å². The zero-order valence-corrected chi connectivity index (χ0v) is 10.7. The smallest absolute Gasteiger partial charge is 0.122 e. The quantitative estimate of drug-likeness (QED) is 0.894. The van der Waals surface area contributed by atoms with Crippen LogP contribution in [0.2, 0.25) is 10.0 Å². The van der Waals surface area contributed by atoms with Crippen LogP contribution in [0.25, 0.3) is 0 Å². The molecule has 1 aliphatic rings. The van der Waals surface area contributed by atoms with Gasteiger partial charge in [0.05, 0.1) is 0 Å². The third-order valence-corrected chi connectivity index (χ3v) is 3.16. The molecule has 1 aliphatic carbocycles. The van der Waals surface area contributed by atoms with Gasteiger partial charge >= 0.3 is 0 Å². The predicted octanol–water partition coefficient (Wildman–Crippen LogP) is 3.51. The molecule has 1 N–H and O–H groups in total. The van der Waals surface area contributed by atoms with Crippen LogP contribution in [0.15, 0.2) is 18.2 Å². The first-order valence-electron chi connectivity index (χ1n) is 5.53. The van der Waals surface area contributed by atoms with E-state index in [-0.39, 0.29) is 0 Å². The highest BCUT2D eigenvalue weighted by atomic mass is 35.5. The number of halogens is 2. The molecule has 0 radical (unpaired) electrons. The lowest BCUT2D eigenvalue weighted by molar-refractivity contribution is 0.0860. The summed E-state index contributed by atoms with van der Waals surface area (Å²) in [5.74, 6) is 0.762. The fraction of sp³-hybridized carbons (Fsp3) is 0.500. The number of ether oxygens (including phenoxy) is 1. The van der Waals surface area contributed by atoms with Crippen LogP contribution in [0.5, 0.6) is 5.75 Å². The van der Waals surface area contributed by atoms with E-state index in [0.29, 0.717) is 22.2 Å². The van der Waals surface area contributed by atoms with Gasteiger partial charge in [0.1, 0.15) is 11.9 Å². The van der Waals surface area contributed by atoms with Crippen LogP contribution in [-0.2, 0) is 0 Å². The zero-order chi connectivity index (χ0) is 11.5. The average Bonchev–Trinajstić information content (AvgIpc) is 2.13. The van der Waals surface area contributed by atoms with E-state index < -0.39 is 0 Å². The summed E-state index contributed by atoms with van der Waals surface area (Å²) in [6, 6.07) is 5.91. The molecule has 0 heterocycles. The van der Waals surface area contributed by atoms with Crippen LogP contribution in [0, 0.1) is 0 Å². The second kappa shape index (κ2) is 5.26. The Bertz CT molecular complexity index is 344. The second-order valence-corrected chi connectivity index (χ2v) is 4.94. The summed E-state index contributed by atoms with van der Waals surface area (Å²) in [6.45, 7) is 3.13. The van der Waals surface area contributed by atoms with E-state index in [1.165, 1.54) is 0 Å². The number of hydrogen-bond donors (Lipinski definition) is 1. The summed E-state index contributed by atoms with van der Waals surface area (Å²) < 4.78 is 5.78. The molecule has 1 fully saturated rings. The molecule has 0 bridgehead atoms. The molecule has 0 aromatic heterocycles. The molecule has 1 saturated carbocycles. The SMILES string of the molecule is CCNC1CC(Oc2cc(Cl)cc(Cl)c2)C1. The second-order valence-electron chi connectivity index (χ2n) is 4.07. The van der Waals surface area contributed by atoms with Gasteiger partial charge in [0.15, 0.2) is 0 Å². The van der Waals surface area contributed by atoms with E-state index in [1.807, 2.05) is 0 Å². The van der Waals surface area contributed by atoms with Gasteiger partial charge < -0.3 is 10.1 Å². The van der Waals surface area contributed by atoms with Gasteiger partial charge in [-0.15, -0.1) is 0 Å². The van der Waals surface area contributed by atoms with Gasteiger partial charge in [0, 0.05) is 16.1 Å². The van der Waals surface area contributed by atoms with E-state index in [2.05, 4.69) is 12.2 Å². The van der Waals surface area contributed by atoms with E-state index in [4.69, 9.17) is 27.9 Å². The molecule has 0 atom stereocenters. The minimum atomic E-state index is 0.290. The van der Waals surface area contributed by atoms with Crippen molar-refractivity contribution in [3.05, 3.63) is 28.2 Å². The van der Waals surface area contributed by atoms with Gasteiger partial charge in [0.2, 0.25) is 0 Å². The predicted molar refractivity (Wildman–Crippen MR) is 67.6 cm³/mol. The van der Waals surface area contributed by atoms with Gasteiger partial charge in [-0.1, -0.05) is 30.1 Å². The number of benzene rings is 1. The fourth-order valence-corrected chi connectivity index (χ4v) is 2.41. The molecule has 0 aliphatic heterocycles. The lowest BCUT2D eigenvalue weighted by Gasteiger charge is -2.35. The number of nitrogens with one attached hydrogen (secondary N) is 1. The normalized spacial score (nSPS) is 23.9. The average molecular weight is 260 g/mol. The maximum atomic E-state index is 5.90. The lowest BCUT2D eigenvalue weighted by Crippen LogP contribution is -2.46. The van der Waals surface area contributed by atoms with Gasteiger partial charge in [-0.2, -0.15) is 0 Å². The first-order valence-corrected chi connectivity index (χ1v) is 6.29. The van der Waals surface area contributed by atoms with Crippen molar-refractivity contribution >= 4 is 23.2 Å². The highest BCUT2D eigenvalue weighted by Gasteiger charge is 2.29. The Morgan fingerprint density at radius 3 is 2.44 bits per heavy atom. The molecule has 0 spiro atoms. The van der Waals surface area contributed by atoms with Gasteiger partial charge in [-0.25, -0.2) is 0 Å². The summed E-state index contributed by atoms with van der Waals surface area (Å²) in [5.41, 5.74) is 0. The van der Waals surface area contributed by atoms with Crippen LogP contribution >= 0.6 is 23.2 Å². The van der Waals surface area contributed by atoms with Crippen molar-refractivity contribution in [2.45, 2.75) is 31.9 Å². The van der Waals surface area contributed by atoms with Crippen molar-refractivity contribution in [2.24, 2.45) is 0 Å². The summed E-state index contributed by atoms with van der Waals surface area (Å²) in [4.78, 5) is 0. The standard InChI is InChI=1S/C12H15Cl2NO/c1-2-15-10-6-12(7-10)16-11-4-8(13)3-9(14)5-11/h3-5,10,12,15H,2,6-7H2,1H3. The van der Waals surface area contributed by atoms with E-state index in [1.54, 1.807) is 18.2 Å². The molecule has 1 aromatic carbocycles. The molecule has 0 saturated heterocycles. The first-order chi connectivity index (χ1) is 7.67. The Morgan fingerprint density at radius 2 is 1.88 bits per heavy atom. The molecule has 88 valence electrons. The van der Waals surface area contributed by atoms with Crippen molar-refractivity contribution < 1.29 is 4.74 Å². The minimum absolute atomic E-state index is 0.290. The largest absolute Gasteiger partial charge is 0.490 e. The number of hydrogen-bond acceptors (Lipinski definition) is 2. The van der Waals surface area contributed by atoms with Crippen molar-refractivity contribution in [3.8, 4) is 5.75 Å². The van der Waals surface area contributed by atoms with Gasteiger partial charge in [0.25, 0.3) is 0 Å². The van der Waals surface area contributed by atoms with E-state index >= 15 is 0 Å². The lowest BCUT2D eigenvalue weighted by atomic mass is 9.89. The van der Waals surface area contributed by atoms with Crippen LogP contribution in [0.3, 0.4) is 0 Å². The summed E-state index contributed by atoms with van der Waals surface area (Å²) in [5, 5.41) is 4.62. The summed E-state index contributed by atoms with van der Waals surface area (Å²) in [7, 11) is 0. The minimum Gasteiger partial charge on any atom is -0.490 e. The maximum Gasteiger partial charge on any atom is 0.122 e. The van der Waals surface area contributed by atoms with Crippen LogP contribution in [0.1, 0.15) is 19.8 Å². The highest BCUT2D eigenvalue weighted by molar-refractivity contribution is 6.34. The molecule has 1 aromatic rings. The monoisotopic (exact) mass is 259 g/mol. The third-order valence-electron chi connectivity index (χ3n) is 2.73. The van der Waals surface area contributed by atoms with Gasteiger partial charge in [-0.3, -0.25) is 0 Å². The van der Waals surface area contributed by atoms with Crippen LogP contribution in [-0.4, -0.2) is 18.7 Å². The Balaban J connectivity index is 1.86. The van der Waals surface area contributed by atoms with Gasteiger partial charge in [-0.05, 0) is 37.6 Å². The van der Waals surface area contributed by atoms with Crippen molar-refractivity contribution in [3.63, 3.8) is 0 Å². The summed E-state index contributed by atoms with van der Waals surface area (Å²) in [6.07, 6.45) is 2.40. The van der Waals surface area contributed by atoms with Crippen LogP contribution in [0.4, 0.5) is 0 Å². The summed E-state index contributed by atoms with van der Waals surface area (Å²) >= 11 is 11.8. The molecule has 2 nitrogen and oxygen atoms in total. The molecule has 0 unspecified atom stereocenters. The van der Waals surface area contributed by atoms with Crippen molar-refractivity contribution in [2.75, 3.05) is 6.54 Å². The molecule has 4 heteroatoms. The maximum absolute atomic E-state index is 5.90. The van der Waals surface area contributed by atoms with Crippen molar-refractivity contribution in [1.29, 1.82) is 0 Å². The number of rotatable bonds is 4. The molecular weight excluding hydrogens is 245 g/mol. The van der Waals surface area contributed by atoms with Crippen LogP contribution < -0.4 is 10.1 Å². The first kappa shape index (κ1) is 12.0. The fourth-order valence-electron chi connectivity index (χ4n) is 1.91. The Kier molecular flexibility index (Phi) is 3.95. The third kappa shape index (κ3) is 3.03. The Labute approximate surface area is 106 Å². The van der Waals surface area contributed by atoms with Crippen molar-refractivity contribution in [1.82, 2.24) is 5.32 Å². The van der Waals surface area contributed by atoms with E-state index in [0.717, 1.165) is 25.1 Å². The Morgan fingerprint density at radius 1 is 1.25 bits per heavy atom. The topological polar surface area (TPSA) is 21.3 Å². The molecule has 0 amide bonds. The zero-order valence-electron chi connectivity index (χ0n) is 9.17. The molecule has 2 rings (SSSR count). The molecular formula is C12H15Cl2NO. The molecule has 16 heavy (non-hydrogen) atoms. The Hall–Kier alpha value is -0.440. The highest BCUT2D eigenvalue weighted by Crippen LogP contribution is 2.29.